The molecule has 0 bridgehead atoms. The van der Waals surface area contributed by atoms with E-state index >= 15 is 0 Å². The number of fused-ring (bicyclic) bond motifs is 1. The van der Waals surface area contributed by atoms with Crippen LogP contribution < -0.4 is 16.0 Å². The molecule has 3 heterocycles. The summed E-state index contributed by atoms with van der Waals surface area (Å²) in [6.07, 6.45) is 2.85. The standard InChI is InChI=1S/C22H24FN7O3/c1-11(15-9-27-30(22(2,3)4)21(32)18(15)33-5)29-20-16(19(24)25-10-26-20)17(28-29)12-6-13(23)8-14(31)7-12/h6-11,31H,1-5H3,(H2,24,25,26)/t11-/m0/s1. The summed E-state index contributed by atoms with van der Waals surface area (Å²) in [5.41, 5.74) is 6.65. The van der Waals surface area contributed by atoms with Crippen LogP contribution in [0.2, 0.25) is 0 Å². The second-order valence-electron chi connectivity index (χ2n) is 8.65. The lowest BCUT2D eigenvalue weighted by Gasteiger charge is -2.23. The Labute approximate surface area is 188 Å². The molecule has 0 spiro atoms. The number of nitrogens with two attached hydrogens (primary N) is 1. The predicted octanol–water partition coefficient (Wildman–Crippen LogP) is 2.85. The Kier molecular flexibility index (Phi) is 5.27. The van der Waals surface area contributed by atoms with Crippen molar-refractivity contribution >= 4 is 16.9 Å². The number of halogens is 1. The summed E-state index contributed by atoms with van der Waals surface area (Å²) < 4.78 is 22.4. The van der Waals surface area contributed by atoms with Crippen LogP contribution in [0.1, 0.15) is 39.3 Å². The minimum absolute atomic E-state index is 0.128. The number of phenols is 1. The Balaban J connectivity index is 1.96. The molecule has 0 fully saturated rings. The fourth-order valence-corrected chi connectivity index (χ4v) is 3.74. The van der Waals surface area contributed by atoms with E-state index in [1.807, 2.05) is 20.8 Å². The summed E-state index contributed by atoms with van der Waals surface area (Å²) in [7, 11) is 1.42. The topological polar surface area (TPSA) is 134 Å². The van der Waals surface area contributed by atoms with Gasteiger partial charge in [0.1, 0.15) is 29.4 Å². The van der Waals surface area contributed by atoms with Crippen molar-refractivity contribution in [3.8, 4) is 22.8 Å². The number of aromatic nitrogens is 6. The number of hydrogen-bond donors (Lipinski definition) is 2. The highest BCUT2D eigenvalue weighted by Gasteiger charge is 2.27. The molecule has 0 saturated carbocycles. The number of methoxy groups -OCH3 is 1. The van der Waals surface area contributed by atoms with Crippen LogP contribution in [0.5, 0.6) is 11.5 Å². The average Bonchev–Trinajstić information content (AvgIpc) is 3.12. The normalized spacial score (nSPS) is 12.8. The molecule has 0 aliphatic carbocycles. The highest BCUT2D eigenvalue weighted by atomic mass is 19.1. The Morgan fingerprint density at radius 2 is 1.94 bits per heavy atom. The number of nitrogen functional groups attached to an aromatic ring is 1. The smallest absolute Gasteiger partial charge is 0.309 e. The van der Waals surface area contributed by atoms with Gasteiger partial charge in [-0.3, -0.25) is 4.79 Å². The minimum atomic E-state index is -0.632. The Morgan fingerprint density at radius 1 is 1.21 bits per heavy atom. The molecular weight excluding hydrogens is 429 g/mol. The van der Waals surface area contributed by atoms with Gasteiger partial charge < -0.3 is 15.6 Å². The second kappa shape index (κ2) is 7.84. The highest BCUT2D eigenvalue weighted by Crippen LogP contribution is 2.35. The van der Waals surface area contributed by atoms with Crippen molar-refractivity contribution in [3.05, 3.63) is 52.5 Å². The highest BCUT2D eigenvalue weighted by molar-refractivity contribution is 5.98. The van der Waals surface area contributed by atoms with Gasteiger partial charge in [0.25, 0.3) is 0 Å². The first-order valence-electron chi connectivity index (χ1n) is 10.2. The van der Waals surface area contributed by atoms with Crippen molar-refractivity contribution < 1.29 is 14.2 Å². The summed E-state index contributed by atoms with van der Waals surface area (Å²) in [6, 6.07) is 3.04. The molecule has 1 atom stereocenters. The zero-order valence-corrected chi connectivity index (χ0v) is 18.9. The van der Waals surface area contributed by atoms with E-state index < -0.39 is 17.4 Å². The van der Waals surface area contributed by atoms with E-state index in [4.69, 9.17) is 10.5 Å². The number of phenolic OH excluding ortho intramolecular Hbond substituents is 1. The summed E-state index contributed by atoms with van der Waals surface area (Å²) in [6.45, 7) is 7.40. The molecule has 10 nitrogen and oxygen atoms in total. The molecule has 0 amide bonds. The molecular formula is C22H24FN7O3. The monoisotopic (exact) mass is 453 g/mol. The number of anilines is 1. The Bertz CT molecular complexity index is 1400. The first-order chi connectivity index (χ1) is 15.5. The number of hydrogen-bond acceptors (Lipinski definition) is 8. The molecule has 4 rings (SSSR count). The van der Waals surface area contributed by atoms with Crippen LogP contribution in [0.4, 0.5) is 10.2 Å². The molecule has 0 radical (unpaired) electrons. The number of benzene rings is 1. The molecule has 0 aliphatic rings. The maximum atomic E-state index is 14.0. The largest absolute Gasteiger partial charge is 0.508 e. The molecule has 4 aromatic rings. The van der Waals surface area contributed by atoms with Gasteiger partial charge in [-0.2, -0.15) is 10.2 Å². The summed E-state index contributed by atoms with van der Waals surface area (Å²) in [5, 5.41) is 19.2. The van der Waals surface area contributed by atoms with E-state index in [2.05, 4.69) is 20.2 Å². The molecule has 33 heavy (non-hydrogen) atoms. The van der Waals surface area contributed by atoms with Gasteiger partial charge in [0.05, 0.1) is 30.3 Å². The van der Waals surface area contributed by atoms with Crippen molar-refractivity contribution in [2.75, 3.05) is 12.8 Å². The zero-order valence-electron chi connectivity index (χ0n) is 18.9. The molecule has 0 aliphatic heterocycles. The molecule has 11 heteroatoms. The molecule has 0 saturated heterocycles. The van der Waals surface area contributed by atoms with E-state index in [9.17, 15) is 14.3 Å². The van der Waals surface area contributed by atoms with Crippen molar-refractivity contribution in [2.45, 2.75) is 39.3 Å². The fraction of sp³-hybridized carbons (Fsp3) is 0.318. The van der Waals surface area contributed by atoms with Crippen LogP contribution >= 0.6 is 0 Å². The molecule has 3 N–H and O–H groups in total. The lowest BCUT2D eigenvalue weighted by molar-refractivity contribution is 0.314. The summed E-state index contributed by atoms with van der Waals surface area (Å²) in [5.74, 6) is -0.617. The van der Waals surface area contributed by atoms with Gasteiger partial charge in [-0.1, -0.05) is 0 Å². The van der Waals surface area contributed by atoms with Gasteiger partial charge >= 0.3 is 5.56 Å². The van der Waals surface area contributed by atoms with Crippen LogP contribution in [0, 0.1) is 5.82 Å². The van der Waals surface area contributed by atoms with Crippen molar-refractivity contribution in [1.82, 2.24) is 29.5 Å². The third-order valence-corrected chi connectivity index (χ3v) is 5.29. The summed E-state index contributed by atoms with van der Waals surface area (Å²) in [4.78, 5) is 21.4. The summed E-state index contributed by atoms with van der Waals surface area (Å²) >= 11 is 0. The SMILES string of the molecule is COc1c([C@H](C)n2nc(-c3cc(O)cc(F)c3)c3c(N)ncnc32)cnn(C(C)(C)C)c1=O. The van der Waals surface area contributed by atoms with Gasteiger partial charge in [0.15, 0.2) is 11.4 Å². The maximum Gasteiger partial charge on any atom is 0.309 e. The molecule has 172 valence electrons. The van der Waals surface area contributed by atoms with Gasteiger partial charge in [-0.25, -0.2) is 23.7 Å². The number of rotatable bonds is 4. The first kappa shape index (κ1) is 22.2. The van der Waals surface area contributed by atoms with E-state index in [0.29, 0.717) is 27.9 Å². The Hall–Kier alpha value is -4.02. The number of ether oxygens (including phenoxy) is 1. The third kappa shape index (κ3) is 3.75. The van der Waals surface area contributed by atoms with Crippen LogP contribution in [0.15, 0.2) is 35.5 Å². The minimum Gasteiger partial charge on any atom is -0.508 e. The second-order valence-corrected chi connectivity index (χ2v) is 8.65. The van der Waals surface area contributed by atoms with Gasteiger partial charge in [-0.15, -0.1) is 0 Å². The Morgan fingerprint density at radius 3 is 2.58 bits per heavy atom. The van der Waals surface area contributed by atoms with Crippen molar-refractivity contribution in [3.63, 3.8) is 0 Å². The van der Waals surface area contributed by atoms with Gasteiger partial charge in [-0.05, 0) is 39.8 Å². The van der Waals surface area contributed by atoms with Crippen molar-refractivity contribution in [2.24, 2.45) is 0 Å². The lowest BCUT2D eigenvalue weighted by atomic mass is 10.1. The number of nitrogens with zero attached hydrogens (tertiary/aromatic N) is 6. The average molecular weight is 453 g/mol. The van der Waals surface area contributed by atoms with E-state index in [-0.39, 0.29) is 22.9 Å². The molecule has 0 unspecified atom stereocenters. The maximum absolute atomic E-state index is 14.0. The van der Waals surface area contributed by atoms with Crippen LogP contribution in [0.25, 0.3) is 22.3 Å². The number of aromatic hydroxyl groups is 1. The fourth-order valence-electron chi connectivity index (χ4n) is 3.74. The molecule has 1 aromatic carbocycles. The zero-order chi connectivity index (χ0) is 24.1. The van der Waals surface area contributed by atoms with Gasteiger partial charge in [0.2, 0.25) is 0 Å². The van der Waals surface area contributed by atoms with Gasteiger partial charge in [0, 0.05) is 17.2 Å². The van der Waals surface area contributed by atoms with Crippen LogP contribution in [-0.2, 0) is 5.54 Å². The predicted molar refractivity (Wildman–Crippen MR) is 121 cm³/mol. The van der Waals surface area contributed by atoms with Crippen LogP contribution in [-0.4, -0.2) is 41.7 Å². The van der Waals surface area contributed by atoms with Crippen LogP contribution in [0.3, 0.4) is 0 Å². The van der Waals surface area contributed by atoms with Crippen molar-refractivity contribution in [1.29, 1.82) is 0 Å². The quantitative estimate of drug-likeness (QED) is 0.482. The lowest BCUT2D eigenvalue weighted by Crippen LogP contribution is -2.37. The van der Waals surface area contributed by atoms with E-state index in [0.717, 1.165) is 6.07 Å². The van der Waals surface area contributed by atoms with E-state index in [1.54, 1.807) is 17.8 Å². The first-order valence-corrected chi connectivity index (χ1v) is 10.2. The molecule has 3 aromatic heterocycles. The third-order valence-electron chi connectivity index (χ3n) is 5.29. The van der Waals surface area contributed by atoms with E-state index in [1.165, 1.54) is 30.3 Å².